The van der Waals surface area contributed by atoms with Crippen LogP contribution in [-0.4, -0.2) is 51.5 Å². The van der Waals surface area contributed by atoms with Crippen LogP contribution in [0.5, 0.6) is 5.75 Å². The molecular weight excluding hydrogens is 330 g/mol. The Morgan fingerprint density at radius 2 is 1.92 bits per heavy atom. The maximum absolute atomic E-state index is 12.3. The first kappa shape index (κ1) is 18.7. The van der Waals surface area contributed by atoms with Gasteiger partial charge in [-0.25, -0.2) is 4.79 Å². The van der Waals surface area contributed by atoms with Gasteiger partial charge in [0.15, 0.2) is 0 Å². The summed E-state index contributed by atoms with van der Waals surface area (Å²) in [5.74, 6) is 0.168. The standard InChI is InChI=1S/C20H29N3O3/c1-20(2)18(25)23(19(26)21-20)13-7-12-22(16-9-4-5-10-16)14-15-8-3-6-11-17(15)24/h3,6,8,11,16,24H,4-5,7,9-10,12-14H2,1-2H3,(H,21,26). The zero-order chi connectivity index (χ0) is 18.7. The van der Waals surface area contributed by atoms with Crippen molar-refractivity contribution in [3.05, 3.63) is 29.8 Å². The second-order valence-electron chi connectivity index (χ2n) is 7.90. The summed E-state index contributed by atoms with van der Waals surface area (Å²) in [7, 11) is 0. The first-order valence-electron chi connectivity index (χ1n) is 9.53. The lowest BCUT2D eigenvalue weighted by molar-refractivity contribution is -0.130. The van der Waals surface area contributed by atoms with Crippen LogP contribution in [0.4, 0.5) is 4.79 Å². The van der Waals surface area contributed by atoms with Crippen molar-refractivity contribution in [2.45, 2.75) is 64.1 Å². The smallest absolute Gasteiger partial charge is 0.325 e. The average molecular weight is 359 g/mol. The lowest BCUT2D eigenvalue weighted by Crippen LogP contribution is -2.41. The number of rotatable bonds is 7. The van der Waals surface area contributed by atoms with Gasteiger partial charge in [-0.3, -0.25) is 14.6 Å². The van der Waals surface area contributed by atoms with E-state index in [-0.39, 0.29) is 11.9 Å². The highest BCUT2D eigenvalue weighted by Crippen LogP contribution is 2.27. The molecule has 1 aromatic rings. The average Bonchev–Trinajstić information content (AvgIpc) is 3.18. The predicted octanol–water partition coefficient (Wildman–Crippen LogP) is 2.86. The van der Waals surface area contributed by atoms with Gasteiger partial charge in [-0.2, -0.15) is 0 Å². The van der Waals surface area contributed by atoms with Gasteiger partial charge < -0.3 is 10.4 Å². The number of nitrogens with zero attached hydrogens (tertiary/aromatic N) is 2. The third-order valence-electron chi connectivity index (χ3n) is 5.48. The minimum atomic E-state index is -0.807. The molecule has 1 aliphatic carbocycles. The van der Waals surface area contributed by atoms with E-state index in [4.69, 9.17) is 0 Å². The molecule has 0 spiro atoms. The quantitative estimate of drug-likeness (QED) is 0.734. The summed E-state index contributed by atoms with van der Waals surface area (Å²) in [6, 6.07) is 7.66. The lowest BCUT2D eigenvalue weighted by atomic mass is 10.1. The summed E-state index contributed by atoms with van der Waals surface area (Å²) in [5, 5.41) is 12.8. The molecule has 3 rings (SSSR count). The fourth-order valence-corrected chi connectivity index (χ4v) is 3.98. The first-order valence-corrected chi connectivity index (χ1v) is 9.53. The molecule has 26 heavy (non-hydrogen) atoms. The van der Waals surface area contributed by atoms with Crippen LogP contribution in [0.3, 0.4) is 0 Å². The molecule has 142 valence electrons. The van der Waals surface area contributed by atoms with E-state index in [0.29, 0.717) is 24.9 Å². The number of phenols is 1. The summed E-state index contributed by atoms with van der Waals surface area (Å²) < 4.78 is 0. The third-order valence-corrected chi connectivity index (χ3v) is 5.48. The number of carbonyl (C=O) groups excluding carboxylic acids is 2. The monoisotopic (exact) mass is 359 g/mol. The van der Waals surface area contributed by atoms with Crippen molar-refractivity contribution in [2.24, 2.45) is 0 Å². The van der Waals surface area contributed by atoms with Crippen molar-refractivity contribution in [1.82, 2.24) is 15.1 Å². The molecule has 6 nitrogen and oxygen atoms in total. The number of amides is 3. The fourth-order valence-electron chi connectivity index (χ4n) is 3.98. The summed E-state index contributed by atoms with van der Waals surface area (Å²) in [6.07, 6.45) is 5.55. The summed E-state index contributed by atoms with van der Waals surface area (Å²) in [6.45, 7) is 5.39. The molecule has 0 bridgehead atoms. The molecular formula is C20H29N3O3. The number of carbonyl (C=O) groups is 2. The SMILES string of the molecule is CC1(C)NC(=O)N(CCCN(Cc2ccccc2O)C2CCCC2)C1=O. The van der Waals surface area contributed by atoms with Gasteiger partial charge >= 0.3 is 6.03 Å². The molecule has 3 amide bonds. The van der Waals surface area contributed by atoms with Crippen molar-refractivity contribution < 1.29 is 14.7 Å². The summed E-state index contributed by atoms with van der Waals surface area (Å²) >= 11 is 0. The second-order valence-corrected chi connectivity index (χ2v) is 7.90. The molecule has 1 saturated heterocycles. The Balaban J connectivity index is 1.61. The van der Waals surface area contributed by atoms with Crippen LogP contribution >= 0.6 is 0 Å². The molecule has 0 radical (unpaired) electrons. The topological polar surface area (TPSA) is 72.9 Å². The van der Waals surface area contributed by atoms with E-state index in [2.05, 4.69) is 10.2 Å². The number of benzene rings is 1. The van der Waals surface area contributed by atoms with Crippen molar-refractivity contribution >= 4 is 11.9 Å². The number of aromatic hydroxyl groups is 1. The molecule has 6 heteroatoms. The van der Waals surface area contributed by atoms with E-state index in [0.717, 1.165) is 18.5 Å². The second kappa shape index (κ2) is 7.66. The van der Waals surface area contributed by atoms with Crippen LogP contribution in [0.15, 0.2) is 24.3 Å². The highest BCUT2D eigenvalue weighted by molar-refractivity contribution is 6.06. The molecule has 1 heterocycles. The highest BCUT2D eigenvalue weighted by atomic mass is 16.3. The molecule has 0 unspecified atom stereocenters. The maximum Gasteiger partial charge on any atom is 0.325 e. The van der Waals surface area contributed by atoms with E-state index in [1.807, 2.05) is 18.2 Å². The van der Waals surface area contributed by atoms with Gasteiger partial charge in [-0.05, 0) is 39.2 Å². The number of hydrogen-bond acceptors (Lipinski definition) is 4. The molecule has 0 aromatic heterocycles. The van der Waals surface area contributed by atoms with Crippen molar-refractivity contribution in [2.75, 3.05) is 13.1 Å². The van der Waals surface area contributed by atoms with E-state index in [9.17, 15) is 14.7 Å². The van der Waals surface area contributed by atoms with Crippen LogP contribution in [-0.2, 0) is 11.3 Å². The van der Waals surface area contributed by atoms with Gasteiger partial charge in [0.05, 0.1) is 0 Å². The minimum Gasteiger partial charge on any atom is -0.508 e. The van der Waals surface area contributed by atoms with Crippen LogP contribution in [0.25, 0.3) is 0 Å². The van der Waals surface area contributed by atoms with Crippen molar-refractivity contribution in [1.29, 1.82) is 0 Å². The molecule has 0 atom stereocenters. The van der Waals surface area contributed by atoms with E-state index in [1.54, 1.807) is 19.9 Å². The number of hydrogen-bond donors (Lipinski definition) is 2. The van der Waals surface area contributed by atoms with Crippen LogP contribution < -0.4 is 5.32 Å². The van der Waals surface area contributed by atoms with Gasteiger partial charge in [-0.15, -0.1) is 0 Å². The largest absolute Gasteiger partial charge is 0.508 e. The van der Waals surface area contributed by atoms with Crippen molar-refractivity contribution in [3.8, 4) is 5.75 Å². The van der Waals surface area contributed by atoms with E-state index >= 15 is 0 Å². The van der Waals surface area contributed by atoms with Crippen LogP contribution in [0.2, 0.25) is 0 Å². The van der Waals surface area contributed by atoms with Gasteiger partial charge in [-0.1, -0.05) is 31.0 Å². The van der Waals surface area contributed by atoms with Crippen LogP contribution in [0, 0.1) is 0 Å². The molecule has 1 saturated carbocycles. The molecule has 2 N–H and O–H groups in total. The fraction of sp³-hybridized carbons (Fsp3) is 0.600. The van der Waals surface area contributed by atoms with Crippen molar-refractivity contribution in [3.63, 3.8) is 0 Å². The number of phenolic OH excluding ortho intramolecular Hbond substituents is 1. The summed E-state index contributed by atoms with van der Waals surface area (Å²) in [4.78, 5) is 28.0. The van der Waals surface area contributed by atoms with E-state index in [1.165, 1.54) is 30.6 Å². The Morgan fingerprint density at radius 3 is 2.54 bits per heavy atom. The Hall–Kier alpha value is -2.08. The first-order chi connectivity index (χ1) is 12.4. The third kappa shape index (κ3) is 4.01. The van der Waals surface area contributed by atoms with Gasteiger partial charge in [0.2, 0.25) is 0 Å². The van der Waals surface area contributed by atoms with Gasteiger partial charge in [0.1, 0.15) is 11.3 Å². The minimum absolute atomic E-state index is 0.157. The number of para-hydroxylation sites is 1. The molecule has 1 aromatic carbocycles. The molecule has 1 aliphatic heterocycles. The highest BCUT2D eigenvalue weighted by Gasteiger charge is 2.43. The zero-order valence-corrected chi connectivity index (χ0v) is 15.7. The Morgan fingerprint density at radius 1 is 1.23 bits per heavy atom. The number of urea groups is 1. The Kier molecular flexibility index (Phi) is 5.51. The number of imide groups is 1. The lowest BCUT2D eigenvalue weighted by Gasteiger charge is -2.29. The zero-order valence-electron chi connectivity index (χ0n) is 15.7. The number of nitrogens with one attached hydrogen (secondary N) is 1. The normalized spacial score (nSPS) is 20.2. The van der Waals surface area contributed by atoms with E-state index < -0.39 is 5.54 Å². The van der Waals surface area contributed by atoms with Gasteiger partial charge in [0, 0.05) is 31.2 Å². The Bertz CT molecular complexity index is 668. The molecule has 2 fully saturated rings. The predicted molar refractivity (Wildman–Crippen MR) is 99.7 cm³/mol. The van der Waals surface area contributed by atoms with Crippen LogP contribution in [0.1, 0.15) is 51.5 Å². The molecule has 2 aliphatic rings. The Labute approximate surface area is 155 Å². The summed E-state index contributed by atoms with van der Waals surface area (Å²) in [5.41, 5.74) is 0.119. The maximum atomic E-state index is 12.3. The van der Waals surface area contributed by atoms with Gasteiger partial charge in [0.25, 0.3) is 5.91 Å².